The van der Waals surface area contributed by atoms with Gasteiger partial charge in [0.05, 0.1) is 6.61 Å². The molecule has 3 heteroatoms. The Hall–Kier alpha value is -1.77. The van der Waals surface area contributed by atoms with Crippen LogP contribution in [-0.4, -0.2) is 17.7 Å². The summed E-state index contributed by atoms with van der Waals surface area (Å²) in [4.78, 5) is 11.2. The van der Waals surface area contributed by atoms with Gasteiger partial charge in [-0.25, -0.2) is 4.79 Å². The van der Waals surface area contributed by atoms with Gasteiger partial charge in [0.15, 0.2) is 0 Å². The van der Waals surface area contributed by atoms with E-state index >= 15 is 0 Å². The molecular formula is C17H24O3. The monoisotopic (exact) mass is 276 g/mol. The molecule has 0 fully saturated rings. The minimum atomic E-state index is -1.01. The van der Waals surface area contributed by atoms with Gasteiger partial charge in [0, 0.05) is 0 Å². The standard InChI is InChI=1S/C17H24O3/c1-3-5-9-14(4-2)13-20-16(17(18)19)12-15-10-7-6-8-11-15/h6-8,10-12,14H,3-5,9,13H2,1-2H3,(H,18,19). The molecule has 0 aliphatic rings. The van der Waals surface area contributed by atoms with E-state index in [4.69, 9.17) is 4.74 Å². The maximum atomic E-state index is 11.2. The molecule has 1 atom stereocenters. The fourth-order valence-electron chi connectivity index (χ4n) is 1.97. The van der Waals surface area contributed by atoms with Crippen molar-refractivity contribution in [2.75, 3.05) is 6.61 Å². The Bertz CT molecular complexity index is 423. The second-order valence-corrected chi connectivity index (χ2v) is 4.95. The van der Waals surface area contributed by atoms with Crippen LogP contribution in [0.3, 0.4) is 0 Å². The van der Waals surface area contributed by atoms with E-state index in [0.717, 1.165) is 31.2 Å². The summed E-state index contributed by atoms with van der Waals surface area (Å²) >= 11 is 0. The van der Waals surface area contributed by atoms with Gasteiger partial charge in [0.25, 0.3) is 0 Å². The maximum absolute atomic E-state index is 11.2. The highest BCUT2D eigenvalue weighted by Gasteiger charge is 2.12. The minimum absolute atomic E-state index is 0.0196. The number of ether oxygens (including phenoxy) is 1. The molecule has 110 valence electrons. The van der Waals surface area contributed by atoms with Crippen molar-refractivity contribution >= 4 is 12.0 Å². The van der Waals surface area contributed by atoms with Gasteiger partial charge < -0.3 is 9.84 Å². The lowest BCUT2D eigenvalue weighted by molar-refractivity contribution is -0.136. The van der Waals surface area contributed by atoms with Crippen LogP contribution < -0.4 is 0 Å². The van der Waals surface area contributed by atoms with E-state index in [1.807, 2.05) is 30.3 Å². The van der Waals surface area contributed by atoms with Gasteiger partial charge in [-0.05, 0) is 24.0 Å². The summed E-state index contributed by atoms with van der Waals surface area (Å²) in [6, 6.07) is 9.38. The average Bonchev–Trinajstić information content (AvgIpc) is 2.47. The van der Waals surface area contributed by atoms with Crippen molar-refractivity contribution in [1.29, 1.82) is 0 Å². The molecule has 0 aliphatic carbocycles. The van der Waals surface area contributed by atoms with Gasteiger partial charge in [-0.1, -0.05) is 63.4 Å². The van der Waals surface area contributed by atoms with E-state index < -0.39 is 5.97 Å². The summed E-state index contributed by atoms with van der Waals surface area (Å²) < 4.78 is 5.52. The first-order chi connectivity index (χ1) is 9.67. The summed E-state index contributed by atoms with van der Waals surface area (Å²) in [6.45, 7) is 4.75. The van der Waals surface area contributed by atoms with Crippen molar-refractivity contribution in [1.82, 2.24) is 0 Å². The molecule has 0 saturated heterocycles. The lowest BCUT2D eigenvalue weighted by Gasteiger charge is -2.15. The zero-order chi connectivity index (χ0) is 14.8. The molecule has 1 aromatic carbocycles. The zero-order valence-electron chi connectivity index (χ0n) is 12.3. The van der Waals surface area contributed by atoms with E-state index in [1.165, 1.54) is 0 Å². The van der Waals surface area contributed by atoms with Crippen molar-refractivity contribution in [3.8, 4) is 0 Å². The van der Waals surface area contributed by atoms with Gasteiger partial charge in [-0.15, -0.1) is 0 Å². The highest BCUT2D eigenvalue weighted by Crippen LogP contribution is 2.16. The number of carbonyl (C=O) groups is 1. The summed E-state index contributed by atoms with van der Waals surface area (Å²) in [5.41, 5.74) is 0.839. The van der Waals surface area contributed by atoms with Crippen LogP contribution in [0, 0.1) is 5.92 Å². The van der Waals surface area contributed by atoms with E-state index in [9.17, 15) is 9.90 Å². The third kappa shape index (κ3) is 5.91. The largest absolute Gasteiger partial charge is 0.486 e. The molecule has 1 aromatic rings. The van der Waals surface area contributed by atoms with Crippen LogP contribution in [0.2, 0.25) is 0 Å². The molecule has 1 rings (SSSR count). The number of unbranched alkanes of at least 4 members (excludes halogenated alkanes) is 1. The third-order valence-corrected chi connectivity index (χ3v) is 3.33. The Morgan fingerprint density at radius 3 is 2.55 bits per heavy atom. The number of carboxylic acids is 1. The Kier molecular flexibility index (Phi) is 7.48. The quantitative estimate of drug-likeness (QED) is 0.539. The summed E-state index contributed by atoms with van der Waals surface area (Å²) in [7, 11) is 0. The lowest BCUT2D eigenvalue weighted by Crippen LogP contribution is -2.12. The van der Waals surface area contributed by atoms with Gasteiger partial charge in [0.1, 0.15) is 0 Å². The molecule has 0 saturated carbocycles. The van der Waals surface area contributed by atoms with Crippen molar-refractivity contribution in [3.63, 3.8) is 0 Å². The Balaban J connectivity index is 2.64. The predicted molar refractivity (Wildman–Crippen MR) is 81.3 cm³/mol. The van der Waals surface area contributed by atoms with Crippen molar-refractivity contribution in [2.45, 2.75) is 39.5 Å². The van der Waals surface area contributed by atoms with Crippen molar-refractivity contribution < 1.29 is 14.6 Å². The molecule has 0 aromatic heterocycles. The maximum Gasteiger partial charge on any atom is 0.371 e. The number of benzene rings is 1. The SMILES string of the molecule is CCCCC(CC)COC(=Cc1ccccc1)C(=O)O. The van der Waals surface area contributed by atoms with E-state index in [2.05, 4.69) is 13.8 Å². The Labute approximate surface area is 121 Å². The van der Waals surface area contributed by atoms with Crippen LogP contribution in [0.1, 0.15) is 45.1 Å². The van der Waals surface area contributed by atoms with Crippen molar-refractivity contribution in [2.24, 2.45) is 5.92 Å². The average molecular weight is 276 g/mol. The van der Waals surface area contributed by atoms with Crippen LogP contribution in [-0.2, 0) is 9.53 Å². The first-order valence-electron chi connectivity index (χ1n) is 7.30. The van der Waals surface area contributed by atoms with Gasteiger partial charge in [-0.3, -0.25) is 0 Å². The molecular weight excluding hydrogens is 252 g/mol. The van der Waals surface area contributed by atoms with Gasteiger partial charge in [-0.2, -0.15) is 0 Å². The highest BCUT2D eigenvalue weighted by atomic mass is 16.5. The summed E-state index contributed by atoms with van der Waals surface area (Å²) in [6.07, 6.45) is 5.99. The minimum Gasteiger partial charge on any atom is -0.486 e. The lowest BCUT2D eigenvalue weighted by atomic mass is 10.0. The molecule has 0 aliphatic heterocycles. The van der Waals surface area contributed by atoms with Crippen LogP contribution in [0.4, 0.5) is 0 Å². The Morgan fingerprint density at radius 2 is 2.00 bits per heavy atom. The number of hydrogen-bond acceptors (Lipinski definition) is 2. The number of aliphatic carboxylic acids is 1. The van der Waals surface area contributed by atoms with Crippen molar-refractivity contribution in [3.05, 3.63) is 41.7 Å². The molecule has 0 bridgehead atoms. The van der Waals surface area contributed by atoms with Crippen LogP contribution >= 0.6 is 0 Å². The molecule has 3 nitrogen and oxygen atoms in total. The Morgan fingerprint density at radius 1 is 1.30 bits per heavy atom. The molecule has 20 heavy (non-hydrogen) atoms. The van der Waals surface area contributed by atoms with Crippen LogP contribution in [0.25, 0.3) is 6.08 Å². The topological polar surface area (TPSA) is 46.5 Å². The third-order valence-electron chi connectivity index (χ3n) is 3.33. The van der Waals surface area contributed by atoms with Crippen LogP contribution in [0.15, 0.2) is 36.1 Å². The normalized spacial score (nSPS) is 13.0. The predicted octanol–water partition coefficient (Wildman–Crippen LogP) is 4.35. The summed E-state index contributed by atoms with van der Waals surface area (Å²) in [5.74, 6) is -0.571. The molecule has 0 amide bonds. The zero-order valence-corrected chi connectivity index (χ0v) is 12.3. The van der Waals surface area contributed by atoms with Crippen LogP contribution in [0.5, 0.6) is 0 Å². The second kappa shape index (κ2) is 9.18. The number of carboxylic acid groups (broad SMARTS) is 1. The molecule has 0 spiro atoms. The van der Waals surface area contributed by atoms with Gasteiger partial charge in [0.2, 0.25) is 5.76 Å². The fourth-order valence-corrected chi connectivity index (χ4v) is 1.97. The number of hydrogen-bond donors (Lipinski definition) is 1. The summed E-state index contributed by atoms with van der Waals surface area (Å²) in [5, 5.41) is 9.20. The fraction of sp³-hybridized carbons (Fsp3) is 0.471. The van der Waals surface area contributed by atoms with E-state index in [-0.39, 0.29) is 5.76 Å². The van der Waals surface area contributed by atoms with E-state index in [0.29, 0.717) is 12.5 Å². The molecule has 1 unspecified atom stereocenters. The van der Waals surface area contributed by atoms with E-state index in [1.54, 1.807) is 6.08 Å². The first kappa shape index (κ1) is 16.3. The molecule has 1 N–H and O–H groups in total. The smallest absolute Gasteiger partial charge is 0.371 e. The first-order valence-corrected chi connectivity index (χ1v) is 7.30. The molecule has 0 heterocycles. The second-order valence-electron chi connectivity index (χ2n) is 4.95. The number of rotatable bonds is 9. The van der Waals surface area contributed by atoms with Gasteiger partial charge >= 0.3 is 5.97 Å². The molecule has 0 radical (unpaired) electrons. The highest BCUT2D eigenvalue weighted by molar-refractivity contribution is 5.89.